The lowest BCUT2D eigenvalue weighted by molar-refractivity contribution is 0.0691. The molecule has 2 aromatic heterocycles. The highest BCUT2D eigenvalue weighted by molar-refractivity contribution is 6.30. The van der Waals surface area contributed by atoms with Crippen molar-refractivity contribution in [2.24, 2.45) is 0 Å². The fourth-order valence-corrected chi connectivity index (χ4v) is 1.21. The normalized spacial score (nSPS) is 9.35. The SMILES string of the molecule is CN(C)C=N.O=C(O)c1cc(-c2ncc(Cl)cn2)c[nH]1. The van der Waals surface area contributed by atoms with Crippen LogP contribution in [0.15, 0.2) is 24.7 Å². The third kappa shape index (κ3) is 4.69. The van der Waals surface area contributed by atoms with Gasteiger partial charge in [0.25, 0.3) is 0 Å². The Labute approximate surface area is 120 Å². The van der Waals surface area contributed by atoms with E-state index in [4.69, 9.17) is 22.1 Å². The number of rotatable bonds is 3. The standard InChI is InChI=1S/C9H6ClN3O2.C3H8N2/c10-6-3-12-8(13-4-6)5-1-7(9(14)15)11-2-5;1-5(2)3-4/h1-4,11H,(H,14,15);3-4H,1-2H3. The van der Waals surface area contributed by atoms with Crippen LogP contribution in [0.1, 0.15) is 10.5 Å². The van der Waals surface area contributed by atoms with Gasteiger partial charge in [0.2, 0.25) is 0 Å². The number of aromatic carboxylic acids is 1. The lowest BCUT2D eigenvalue weighted by Gasteiger charge is -1.96. The van der Waals surface area contributed by atoms with E-state index >= 15 is 0 Å². The Morgan fingerprint density at radius 1 is 1.45 bits per heavy atom. The summed E-state index contributed by atoms with van der Waals surface area (Å²) in [4.78, 5) is 22.8. The Kier molecular flexibility index (Phi) is 5.67. The van der Waals surface area contributed by atoms with Gasteiger partial charge in [0.1, 0.15) is 5.69 Å². The molecule has 0 bridgehead atoms. The summed E-state index contributed by atoms with van der Waals surface area (Å²) in [5, 5.41) is 15.6. The summed E-state index contributed by atoms with van der Waals surface area (Å²) in [5.41, 5.74) is 0.715. The molecule has 2 rings (SSSR count). The minimum Gasteiger partial charge on any atom is -0.477 e. The van der Waals surface area contributed by atoms with Crippen molar-refractivity contribution in [3.05, 3.63) is 35.4 Å². The fraction of sp³-hybridized carbons (Fsp3) is 0.167. The molecular formula is C12H14ClN5O2. The van der Waals surface area contributed by atoms with Crippen molar-refractivity contribution in [2.75, 3.05) is 14.1 Å². The Morgan fingerprint density at radius 2 is 2.00 bits per heavy atom. The van der Waals surface area contributed by atoms with Gasteiger partial charge in [-0.15, -0.1) is 0 Å². The first-order chi connectivity index (χ1) is 9.43. The first kappa shape index (κ1) is 15.6. The molecule has 20 heavy (non-hydrogen) atoms. The van der Waals surface area contributed by atoms with E-state index in [0.29, 0.717) is 16.4 Å². The van der Waals surface area contributed by atoms with Crippen molar-refractivity contribution in [1.29, 1.82) is 5.41 Å². The maximum absolute atomic E-state index is 10.6. The zero-order valence-corrected chi connectivity index (χ0v) is 11.7. The van der Waals surface area contributed by atoms with E-state index in [1.54, 1.807) is 4.90 Å². The second-order valence-corrected chi connectivity index (χ2v) is 4.36. The van der Waals surface area contributed by atoms with Gasteiger partial charge in [0.15, 0.2) is 5.82 Å². The smallest absolute Gasteiger partial charge is 0.352 e. The molecule has 0 atom stereocenters. The number of nitrogens with one attached hydrogen (secondary N) is 2. The highest BCUT2D eigenvalue weighted by atomic mass is 35.5. The number of hydrogen-bond donors (Lipinski definition) is 3. The van der Waals surface area contributed by atoms with Crippen LogP contribution < -0.4 is 0 Å². The first-order valence-electron chi connectivity index (χ1n) is 5.50. The van der Waals surface area contributed by atoms with Crippen molar-refractivity contribution in [1.82, 2.24) is 19.9 Å². The van der Waals surface area contributed by atoms with Crippen LogP contribution in [0.5, 0.6) is 0 Å². The number of H-pyrrole nitrogens is 1. The second-order valence-electron chi connectivity index (χ2n) is 3.92. The molecule has 7 nitrogen and oxygen atoms in total. The van der Waals surface area contributed by atoms with Crippen LogP contribution in [-0.4, -0.2) is 51.4 Å². The second kappa shape index (κ2) is 7.25. The molecule has 0 radical (unpaired) electrons. The minimum atomic E-state index is -1.02. The van der Waals surface area contributed by atoms with Gasteiger partial charge >= 0.3 is 5.97 Å². The van der Waals surface area contributed by atoms with Gasteiger partial charge in [-0.2, -0.15) is 0 Å². The summed E-state index contributed by atoms with van der Waals surface area (Å²) in [6, 6.07) is 1.46. The molecule has 0 unspecified atom stereocenters. The van der Waals surface area contributed by atoms with E-state index in [9.17, 15) is 4.79 Å². The van der Waals surface area contributed by atoms with E-state index in [1.807, 2.05) is 14.1 Å². The largest absolute Gasteiger partial charge is 0.477 e. The Morgan fingerprint density at radius 3 is 2.40 bits per heavy atom. The molecule has 106 valence electrons. The van der Waals surface area contributed by atoms with E-state index in [2.05, 4.69) is 15.0 Å². The number of carbonyl (C=O) groups is 1. The Bertz CT molecular complexity index is 580. The third-order valence-corrected chi connectivity index (χ3v) is 2.25. The zero-order chi connectivity index (χ0) is 15.1. The Hall–Kier alpha value is -2.41. The molecule has 3 N–H and O–H groups in total. The van der Waals surface area contributed by atoms with Crippen LogP contribution in [0.2, 0.25) is 5.02 Å². The van der Waals surface area contributed by atoms with Crippen LogP contribution >= 0.6 is 11.6 Å². The molecular weight excluding hydrogens is 282 g/mol. The number of halogens is 1. The predicted octanol–water partition coefficient (Wildman–Crippen LogP) is 1.98. The molecule has 0 fully saturated rings. The molecule has 2 aromatic rings. The maximum atomic E-state index is 10.6. The third-order valence-electron chi connectivity index (χ3n) is 2.05. The quantitative estimate of drug-likeness (QED) is 0.593. The molecule has 0 aliphatic heterocycles. The lowest BCUT2D eigenvalue weighted by Crippen LogP contribution is -2.05. The van der Waals surface area contributed by atoms with Crippen LogP contribution in [0.25, 0.3) is 11.4 Å². The molecule has 0 saturated heterocycles. The van der Waals surface area contributed by atoms with Gasteiger partial charge < -0.3 is 15.0 Å². The van der Waals surface area contributed by atoms with Crippen molar-refractivity contribution < 1.29 is 9.90 Å². The number of carboxylic acid groups (broad SMARTS) is 1. The maximum Gasteiger partial charge on any atom is 0.352 e. The van der Waals surface area contributed by atoms with E-state index in [0.717, 1.165) is 0 Å². The average Bonchev–Trinajstić information content (AvgIpc) is 2.90. The van der Waals surface area contributed by atoms with Gasteiger partial charge in [0.05, 0.1) is 11.4 Å². The summed E-state index contributed by atoms with van der Waals surface area (Å²) in [7, 11) is 3.62. The van der Waals surface area contributed by atoms with Crippen molar-refractivity contribution >= 4 is 23.9 Å². The van der Waals surface area contributed by atoms with Crippen LogP contribution in [0, 0.1) is 5.41 Å². The van der Waals surface area contributed by atoms with E-state index < -0.39 is 5.97 Å². The summed E-state index contributed by atoms with van der Waals surface area (Å²) in [6.45, 7) is 0. The van der Waals surface area contributed by atoms with Crippen LogP contribution in [0.3, 0.4) is 0 Å². The molecule has 0 aliphatic rings. The molecule has 0 spiro atoms. The van der Waals surface area contributed by atoms with Gasteiger partial charge in [-0.3, -0.25) is 5.41 Å². The van der Waals surface area contributed by atoms with E-state index in [-0.39, 0.29) is 5.69 Å². The fourth-order valence-electron chi connectivity index (χ4n) is 1.11. The molecule has 0 aromatic carbocycles. The summed E-state index contributed by atoms with van der Waals surface area (Å²) in [5.74, 6) is -0.585. The molecule has 8 heteroatoms. The van der Waals surface area contributed by atoms with Crippen molar-refractivity contribution in [2.45, 2.75) is 0 Å². The number of hydrogen-bond acceptors (Lipinski definition) is 4. The molecule has 2 heterocycles. The van der Waals surface area contributed by atoms with Gasteiger partial charge in [-0.05, 0) is 6.07 Å². The number of aromatic nitrogens is 3. The van der Waals surface area contributed by atoms with Gasteiger partial charge in [0, 0.05) is 38.2 Å². The zero-order valence-electron chi connectivity index (χ0n) is 11.0. The van der Waals surface area contributed by atoms with Gasteiger partial charge in [-0.1, -0.05) is 11.6 Å². The topological polar surface area (TPSA) is 106 Å². The number of aromatic amines is 1. The molecule has 0 saturated carbocycles. The average molecular weight is 296 g/mol. The molecule has 0 aliphatic carbocycles. The first-order valence-corrected chi connectivity index (χ1v) is 5.88. The highest BCUT2D eigenvalue weighted by Gasteiger charge is 2.08. The summed E-state index contributed by atoms with van der Waals surface area (Å²) < 4.78 is 0. The molecule has 0 amide bonds. The van der Waals surface area contributed by atoms with Crippen molar-refractivity contribution in [3.8, 4) is 11.4 Å². The van der Waals surface area contributed by atoms with E-state index in [1.165, 1.54) is 31.0 Å². The number of nitrogens with zero attached hydrogens (tertiary/aromatic N) is 3. The minimum absolute atomic E-state index is 0.101. The lowest BCUT2D eigenvalue weighted by atomic mass is 10.3. The van der Waals surface area contributed by atoms with Gasteiger partial charge in [-0.25, -0.2) is 14.8 Å². The number of carboxylic acids is 1. The van der Waals surface area contributed by atoms with Crippen LogP contribution in [0.4, 0.5) is 0 Å². The van der Waals surface area contributed by atoms with Crippen LogP contribution in [-0.2, 0) is 0 Å². The summed E-state index contributed by atoms with van der Waals surface area (Å²) in [6.07, 6.45) is 5.70. The Balaban J connectivity index is 0.000000347. The predicted molar refractivity (Wildman–Crippen MR) is 76.3 cm³/mol. The van der Waals surface area contributed by atoms with Crippen molar-refractivity contribution in [3.63, 3.8) is 0 Å². The highest BCUT2D eigenvalue weighted by Crippen LogP contribution is 2.16. The summed E-state index contributed by atoms with van der Waals surface area (Å²) >= 11 is 5.63. The monoisotopic (exact) mass is 295 g/mol.